The maximum absolute atomic E-state index is 11.7. The number of ether oxygens (including phenoxy) is 1. The second-order valence-electron chi connectivity index (χ2n) is 4.48. The second kappa shape index (κ2) is 6.07. The van der Waals surface area contributed by atoms with Crippen molar-refractivity contribution in [1.29, 1.82) is 0 Å². The van der Waals surface area contributed by atoms with Crippen molar-refractivity contribution in [3.63, 3.8) is 0 Å². The zero-order valence-electron chi connectivity index (χ0n) is 11.7. The number of methoxy groups -OCH3 is 1. The molecule has 0 amide bonds. The first-order valence-corrected chi connectivity index (χ1v) is 7.43. The molecule has 0 fully saturated rings. The minimum atomic E-state index is -0.425. The maximum Gasteiger partial charge on any atom is 0.336 e. The van der Waals surface area contributed by atoms with Crippen LogP contribution in [-0.2, 0) is 5.75 Å². The molecule has 3 rings (SSSR count). The zero-order chi connectivity index (χ0) is 15.5. The van der Waals surface area contributed by atoms with Gasteiger partial charge in [-0.05, 0) is 17.7 Å². The first-order valence-electron chi connectivity index (χ1n) is 6.44. The Kier molecular flexibility index (Phi) is 3.97. The van der Waals surface area contributed by atoms with Crippen LogP contribution >= 0.6 is 11.8 Å². The van der Waals surface area contributed by atoms with E-state index in [9.17, 15) is 9.59 Å². The highest BCUT2D eigenvalue weighted by molar-refractivity contribution is 7.98. The van der Waals surface area contributed by atoms with Crippen LogP contribution < -0.4 is 15.9 Å². The number of hydrogen-bond donors (Lipinski definition) is 1. The summed E-state index contributed by atoms with van der Waals surface area (Å²) >= 11 is 1.34. The van der Waals surface area contributed by atoms with Crippen LogP contribution in [0.4, 0.5) is 0 Å². The summed E-state index contributed by atoms with van der Waals surface area (Å²) in [5, 5.41) is 1.33. The number of benzene rings is 1. The van der Waals surface area contributed by atoms with Gasteiger partial charge in [-0.3, -0.25) is 4.79 Å². The van der Waals surface area contributed by atoms with Crippen molar-refractivity contribution in [2.45, 2.75) is 10.9 Å². The summed E-state index contributed by atoms with van der Waals surface area (Å²) < 4.78 is 10.3. The quantitative estimate of drug-likeness (QED) is 0.451. The highest BCUT2D eigenvalue weighted by atomic mass is 32.2. The lowest BCUT2D eigenvalue weighted by Crippen LogP contribution is -2.05. The molecular weight excluding hydrogens is 304 g/mol. The third-order valence-corrected chi connectivity index (χ3v) is 3.99. The largest absolute Gasteiger partial charge is 0.497 e. The number of nitrogens with one attached hydrogen (secondary N) is 1. The molecule has 0 aliphatic heterocycles. The third-order valence-electron chi connectivity index (χ3n) is 3.05. The van der Waals surface area contributed by atoms with E-state index in [2.05, 4.69) is 9.97 Å². The van der Waals surface area contributed by atoms with Crippen LogP contribution in [-0.4, -0.2) is 17.1 Å². The molecule has 0 aliphatic carbocycles. The van der Waals surface area contributed by atoms with E-state index in [1.807, 2.05) is 6.07 Å². The molecule has 0 unspecified atom stereocenters. The lowest BCUT2D eigenvalue weighted by Gasteiger charge is -2.06. The molecule has 1 aromatic carbocycles. The van der Waals surface area contributed by atoms with E-state index in [1.165, 1.54) is 30.1 Å². The predicted molar refractivity (Wildman–Crippen MR) is 83.5 cm³/mol. The molecule has 2 aromatic heterocycles. The maximum atomic E-state index is 11.7. The number of rotatable bonds is 4. The highest BCUT2D eigenvalue weighted by Crippen LogP contribution is 2.26. The minimum absolute atomic E-state index is 0.209. The van der Waals surface area contributed by atoms with E-state index in [1.54, 1.807) is 19.2 Å². The molecular formula is C15H12N2O4S. The lowest BCUT2D eigenvalue weighted by atomic mass is 10.1. The SMILES string of the molecule is COc1ccc2c(CSc3nccc(=O)[nH]3)cc(=O)oc2c1. The molecule has 6 nitrogen and oxygen atoms in total. The zero-order valence-corrected chi connectivity index (χ0v) is 12.5. The summed E-state index contributed by atoms with van der Waals surface area (Å²) in [4.78, 5) is 29.6. The minimum Gasteiger partial charge on any atom is -0.497 e. The second-order valence-corrected chi connectivity index (χ2v) is 5.44. The Hall–Kier alpha value is -2.54. The van der Waals surface area contributed by atoms with Gasteiger partial charge in [0.05, 0.1) is 7.11 Å². The topological polar surface area (TPSA) is 85.2 Å². The smallest absolute Gasteiger partial charge is 0.336 e. The Bertz CT molecular complexity index is 932. The predicted octanol–water partition coefficient (Wildman–Crippen LogP) is 2.18. The van der Waals surface area contributed by atoms with Gasteiger partial charge in [0.25, 0.3) is 5.56 Å². The van der Waals surface area contributed by atoms with Crippen molar-refractivity contribution in [1.82, 2.24) is 9.97 Å². The summed E-state index contributed by atoms with van der Waals surface area (Å²) in [6.45, 7) is 0. The molecule has 0 spiro atoms. The van der Waals surface area contributed by atoms with E-state index in [0.717, 1.165) is 10.9 Å². The molecule has 0 saturated carbocycles. The molecule has 3 aromatic rings. The molecule has 0 aliphatic rings. The number of aromatic amines is 1. The van der Waals surface area contributed by atoms with Gasteiger partial charge in [0, 0.05) is 35.5 Å². The Morgan fingerprint density at radius 3 is 2.91 bits per heavy atom. The Morgan fingerprint density at radius 1 is 1.27 bits per heavy atom. The van der Waals surface area contributed by atoms with Crippen molar-refractivity contribution in [3.05, 3.63) is 62.9 Å². The van der Waals surface area contributed by atoms with Gasteiger partial charge in [0.15, 0.2) is 5.16 Å². The van der Waals surface area contributed by atoms with Gasteiger partial charge in [-0.2, -0.15) is 0 Å². The van der Waals surface area contributed by atoms with E-state index in [0.29, 0.717) is 22.2 Å². The average molecular weight is 316 g/mol. The van der Waals surface area contributed by atoms with Gasteiger partial charge < -0.3 is 14.1 Å². The fraction of sp³-hybridized carbons (Fsp3) is 0.133. The van der Waals surface area contributed by atoms with E-state index >= 15 is 0 Å². The van der Waals surface area contributed by atoms with Crippen molar-refractivity contribution >= 4 is 22.7 Å². The number of nitrogens with zero attached hydrogens (tertiary/aromatic N) is 1. The van der Waals surface area contributed by atoms with Crippen molar-refractivity contribution in [2.75, 3.05) is 7.11 Å². The number of fused-ring (bicyclic) bond motifs is 1. The molecule has 22 heavy (non-hydrogen) atoms. The standard InChI is InChI=1S/C15H12N2O4S/c1-20-10-2-3-11-9(6-14(19)21-12(11)7-10)8-22-15-16-5-4-13(18)17-15/h2-7H,8H2,1H3,(H,16,17,18). The van der Waals surface area contributed by atoms with E-state index < -0.39 is 5.63 Å². The Labute approximate surface area is 129 Å². The van der Waals surface area contributed by atoms with Crippen LogP contribution in [0, 0.1) is 0 Å². The van der Waals surface area contributed by atoms with Crippen molar-refractivity contribution in [3.8, 4) is 5.75 Å². The molecule has 2 heterocycles. The molecule has 0 radical (unpaired) electrons. The van der Waals surface area contributed by atoms with Gasteiger partial charge >= 0.3 is 5.63 Å². The van der Waals surface area contributed by atoms with Crippen LogP contribution in [0.25, 0.3) is 11.0 Å². The fourth-order valence-corrected chi connectivity index (χ4v) is 2.87. The van der Waals surface area contributed by atoms with Crippen LogP contribution in [0.15, 0.2) is 55.7 Å². The first kappa shape index (κ1) is 14.4. The van der Waals surface area contributed by atoms with Gasteiger partial charge in [0.1, 0.15) is 11.3 Å². The number of thioether (sulfide) groups is 1. The number of hydrogen-bond acceptors (Lipinski definition) is 6. The number of H-pyrrole nitrogens is 1. The molecule has 0 saturated heterocycles. The van der Waals surface area contributed by atoms with Crippen molar-refractivity contribution in [2.24, 2.45) is 0 Å². The fourth-order valence-electron chi connectivity index (χ4n) is 2.03. The summed E-state index contributed by atoms with van der Waals surface area (Å²) in [6.07, 6.45) is 1.45. The van der Waals surface area contributed by atoms with Crippen LogP contribution in [0.2, 0.25) is 0 Å². The summed E-state index contributed by atoms with van der Waals surface area (Å²) in [5.74, 6) is 1.11. The molecule has 0 bridgehead atoms. The molecule has 0 atom stereocenters. The Morgan fingerprint density at radius 2 is 2.14 bits per heavy atom. The van der Waals surface area contributed by atoms with E-state index in [-0.39, 0.29) is 5.56 Å². The van der Waals surface area contributed by atoms with Gasteiger partial charge in [-0.15, -0.1) is 0 Å². The van der Waals surface area contributed by atoms with Gasteiger partial charge in [0.2, 0.25) is 0 Å². The highest BCUT2D eigenvalue weighted by Gasteiger charge is 2.08. The van der Waals surface area contributed by atoms with Gasteiger partial charge in [-0.25, -0.2) is 9.78 Å². The molecule has 1 N–H and O–H groups in total. The monoisotopic (exact) mass is 316 g/mol. The normalized spacial score (nSPS) is 10.8. The average Bonchev–Trinajstić information content (AvgIpc) is 2.52. The third kappa shape index (κ3) is 3.04. The van der Waals surface area contributed by atoms with Gasteiger partial charge in [-0.1, -0.05) is 11.8 Å². The first-order chi connectivity index (χ1) is 10.7. The van der Waals surface area contributed by atoms with Crippen LogP contribution in [0.5, 0.6) is 5.75 Å². The van der Waals surface area contributed by atoms with Crippen molar-refractivity contribution < 1.29 is 9.15 Å². The van der Waals surface area contributed by atoms with E-state index in [4.69, 9.17) is 9.15 Å². The van der Waals surface area contributed by atoms with Crippen LogP contribution in [0.1, 0.15) is 5.56 Å². The Balaban J connectivity index is 1.96. The summed E-state index contributed by atoms with van der Waals surface area (Å²) in [7, 11) is 1.55. The van der Waals surface area contributed by atoms with Crippen LogP contribution in [0.3, 0.4) is 0 Å². The lowest BCUT2D eigenvalue weighted by molar-refractivity contribution is 0.414. The number of aromatic nitrogens is 2. The summed E-state index contributed by atoms with van der Waals surface area (Å²) in [5.41, 5.74) is 0.646. The summed E-state index contributed by atoms with van der Waals surface area (Å²) in [6, 6.07) is 8.12. The molecule has 112 valence electrons. The molecule has 7 heteroatoms.